The first kappa shape index (κ1) is 13.1. The third-order valence-electron chi connectivity index (χ3n) is 2.76. The SMILES string of the molecule is Cc1cc(C#N)cc(C)c1-n1cc(C(F)(F)F)cn1. The van der Waals surface area contributed by atoms with Crippen molar-refractivity contribution in [1.29, 1.82) is 5.26 Å². The van der Waals surface area contributed by atoms with Crippen LogP contribution in [-0.2, 0) is 6.18 Å². The van der Waals surface area contributed by atoms with E-state index in [4.69, 9.17) is 5.26 Å². The summed E-state index contributed by atoms with van der Waals surface area (Å²) < 4.78 is 38.8. The van der Waals surface area contributed by atoms with E-state index in [1.54, 1.807) is 26.0 Å². The Morgan fingerprint density at radius 2 is 1.79 bits per heavy atom. The van der Waals surface area contributed by atoms with Crippen LogP contribution >= 0.6 is 0 Å². The van der Waals surface area contributed by atoms with E-state index in [9.17, 15) is 13.2 Å². The van der Waals surface area contributed by atoms with E-state index in [1.165, 1.54) is 4.68 Å². The Morgan fingerprint density at radius 1 is 1.21 bits per heavy atom. The molecule has 0 saturated heterocycles. The van der Waals surface area contributed by atoms with Crippen molar-refractivity contribution in [3.63, 3.8) is 0 Å². The monoisotopic (exact) mass is 265 g/mol. The predicted octanol–water partition coefficient (Wildman–Crippen LogP) is 3.38. The molecule has 3 nitrogen and oxygen atoms in total. The Hall–Kier alpha value is -2.29. The molecule has 0 radical (unpaired) electrons. The second-order valence-corrected chi connectivity index (χ2v) is 4.24. The highest BCUT2D eigenvalue weighted by molar-refractivity contribution is 5.51. The van der Waals surface area contributed by atoms with E-state index in [1.807, 2.05) is 6.07 Å². The summed E-state index contributed by atoms with van der Waals surface area (Å²) in [5, 5.41) is 12.6. The second-order valence-electron chi connectivity index (χ2n) is 4.24. The Morgan fingerprint density at radius 3 is 2.21 bits per heavy atom. The second kappa shape index (κ2) is 4.43. The Balaban J connectivity index is 2.55. The van der Waals surface area contributed by atoms with Crippen LogP contribution in [0.5, 0.6) is 0 Å². The van der Waals surface area contributed by atoms with Gasteiger partial charge in [-0.25, -0.2) is 4.68 Å². The predicted molar refractivity (Wildman–Crippen MR) is 62.8 cm³/mol. The fraction of sp³-hybridized carbons (Fsp3) is 0.231. The van der Waals surface area contributed by atoms with Crippen LogP contribution in [0.1, 0.15) is 22.3 Å². The van der Waals surface area contributed by atoms with Gasteiger partial charge in [0, 0.05) is 6.20 Å². The molecule has 98 valence electrons. The molecule has 0 fully saturated rings. The molecule has 0 unspecified atom stereocenters. The van der Waals surface area contributed by atoms with Gasteiger partial charge in [-0.2, -0.15) is 23.5 Å². The van der Waals surface area contributed by atoms with Gasteiger partial charge in [-0.05, 0) is 37.1 Å². The summed E-state index contributed by atoms with van der Waals surface area (Å²) in [6, 6.07) is 5.25. The van der Waals surface area contributed by atoms with Crippen molar-refractivity contribution in [3.8, 4) is 11.8 Å². The van der Waals surface area contributed by atoms with Crippen LogP contribution < -0.4 is 0 Å². The van der Waals surface area contributed by atoms with Crippen molar-refractivity contribution in [2.75, 3.05) is 0 Å². The minimum Gasteiger partial charge on any atom is -0.240 e. The average Bonchev–Trinajstić information content (AvgIpc) is 2.76. The smallest absolute Gasteiger partial charge is 0.240 e. The molecule has 19 heavy (non-hydrogen) atoms. The Bertz CT molecular complexity index is 639. The molecule has 0 bridgehead atoms. The average molecular weight is 265 g/mol. The first-order valence-electron chi connectivity index (χ1n) is 5.46. The van der Waals surface area contributed by atoms with Gasteiger partial charge in [0.25, 0.3) is 0 Å². The van der Waals surface area contributed by atoms with E-state index >= 15 is 0 Å². The number of benzene rings is 1. The van der Waals surface area contributed by atoms with Gasteiger partial charge in [0.15, 0.2) is 0 Å². The molecule has 0 atom stereocenters. The van der Waals surface area contributed by atoms with E-state index in [-0.39, 0.29) is 0 Å². The first-order chi connectivity index (χ1) is 8.82. The van der Waals surface area contributed by atoms with Crippen LogP contribution in [0, 0.1) is 25.2 Å². The normalized spacial score (nSPS) is 11.4. The number of aryl methyl sites for hydroxylation is 2. The molecule has 2 aromatic rings. The van der Waals surface area contributed by atoms with Crippen LogP contribution in [0.2, 0.25) is 0 Å². The van der Waals surface area contributed by atoms with Crippen molar-refractivity contribution in [3.05, 3.63) is 46.8 Å². The van der Waals surface area contributed by atoms with Gasteiger partial charge in [-0.15, -0.1) is 0 Å². The number of rotatable bonds is 1. The summed E-state index contributed by atoms with van der Waals surface area (Å²) >= 11 is 0. The molecule has 1 aromatic carbocycles. The van der Waals surface area contributed by atoms with Crippen LogP contribution in [0.4, 0.5) is 13.2 Å². The highest BCUT2D eigenvalue weighted by Crippen LogP contribution is 2.30. The van der Waals surface area contributed by atoms with Crippen molar-refractivity contribution in [2.24, 2.45) is 0 Å². The lowest BCUT2D eigenvalue weighted by molar-refractivity contribution is -0.137. The van der Waals surface area contributed by atoms with Gasteiger partial charge in [-0.1, -0.05) is 0 Å². The third kappa shape index (κ3) is 2.45. The molecule has 0 amide bonds. The lowest BCUT2D eigenvalue weighted by Crippen LogP contribution is -2.04. The summed E-state index contributed by atoms with van der Waals surface area (Å²) in [7, 11) is 0. The quantitative estimate of drug-likeness (QED) is 0.793. The van der Waals surface area contributed by atoms with Crippen LogP contribution in [0.25, 0.3) is 5.69 Å². The molecule has 2 rings (SSSR count). The molecular weight excluding hydrogens is 255 g/mol. The van der Waals surface area contributed by atoms with Gasteiger partial charge in [0.2, 0.25) is 0 Å². The van der Waals surface area contributed by atoms with Crippen molar-refractivity contribution in [1.82, 2.24) is 9.78 Å². The molecule has 0 aliphatic heterocycles. The van der Waals surface area contributed by atoms with Gasteiger partial charge in [0.1, 0.15) is 0 Å². The maximum atomic E-state index is 12.5. The van der Waals surface area contributed by atoms with Gasteiger partial charge < -0.3 is 0 Å². The molecule has 1 aromatic heterocycles. The Labute approximate surface area is 107 Å². The minimum absolute atomic E-state index is 0.474. The molecular formula is C13H10F3N3. The van der Waals surface area contributed by atoms with E-state index < -0.39 is 11.7 Å². The van der Waals surface area contributed by atoms with E-state index in [0.29, 0.717) is 22.4 Å². The highest BCUT2D eigenvalue weighted by Gasteiger charge is 2.32. The van der Waals surface area contributed by atoms with Crippen molar-refractivity contribution in [2.45, 2.75) is 20.0 Å². The highest BCUT2D eigenvalue weighted by atomic mass is 19.4. The maximum Gasteiger partial charge on any atom is 0.419 e. The van der Waals surface area contributed by atoms with Gasteiger partial charge in [0.05, 0.1) is 29.1 Å². The van der Waals surface area contributed by atoms with Crippen molar-refractivity contribution >= 4 is 0 Å². The van der Waals surface area contributed by atoms with E-state index in [0.717, 1.165) is 12.4 Å². The largest absolute Gasteiger partial charge is 0.419 e. The fourth-order valence-corrected chi connectivity index (χ4v) is 1.97. The molecule has 0 saturated carbocycles. The standard InChI is InChI=1S/C13H10F3N3/c1-8-3-10(5-17)4-9(2)12(8)19-7-11(6-18-19)13(14,15)16/h3-4,6-7H,1-2H3. The molecule has 0 aliphatic carbocycles. The number of nitriles is 1. The maximum absolute atomic E-state index is 12.5. The minimum atomic E-state index is -4.41. The molecule has 0 N–H and O–H groups in total. The third-order valence-corrected chi connectivity index (χ3v) is 2.76. The van der Waals surface area contributed by atoms with Crippen LogP contribution in [0.3, 0.4) is 0 Å². The molecule has 0 aliphatic rings. The zero-order valence-corrected chi connectivity index (χ0v) is 10.3. The lowest BCUT2D eigenvalue weighted by atomic mass is 10.1. The Kier molecular flexibility index (Phi) is 3.06. The van der Waals surface area contributed by atoms with Crippen LogP contribution in [-0.4, -0.2) is 9.78 Å². The molecule has 1 heterocycles. The molecule has 0 spiro atoms. The van der Waals surface area contributed by atoms with E-state index in [2.05, 4.69) is 5.10 Å². The summed E-state index contributed by atoms with van der Waals surface area (Å²) in [4.78, 5) is 0. The van der Waals surface area contributed by atoms with Gasteiger partial charge >= 0.3 is 6.18 Å². The zero-order chi connectivity index (χ0) is 14.2. The topological polar surface area (TPSA) is 41.6 Å². The molecule has 6 heteroatoms. The number of hydrogen-bond acceptors (Lipinski definition) is 2. The van der Waals surface area contributed by atoms with Crippen LogP contribution in [0.15, 0.2) is 24.5 Å². The number of hydrogen-bond donors (Lipinski definition) is 0. The zero-order valence-electron chi connectivity index (χ0n) is 10.3. The van der Waals surface area contributed by atoms with Gasteiger partial charge in [-0.3, -0.25) is 0 Å². The first-order valence-corrected chi connectivity index (χ1v) is 5.46. The summed E-state index contributed by atoms with van der Waals surface area (Å²) in [5.41, 5.74) is 1.65. The lowest BCUT2D eigenvalue weighted by Gasteiger charge is -2.10. The summed E-state index contributed by atoms with van der Waals surface area (Å²) in [5.74, 6) is 0. The number of alkyl halides is 3. The fourth-order valence-electron chi connectivity index (χ4n) is 1.97. The number of nitrogens with zero attached hydrogens (tertiary/aromatic N) is 3. The van der Waals surface area contributed by atoms with Crippen molar-refractivity contribution < 1.29 is 13.2 Å². The summed E-state index contributed by atoms with van der Waals surface area (Å²) in [6.07, 6.45) is -2.68. The summed E-state index contributed by atoms with van der Waals surface area (Å²) in [6.45, 7) is 3.47. The number of halogens is 3. The number of aromatic nitrogens is 2.